The molecule has 168 valence electrons. The van der Waals surface area contributed by atoms with Crippen LogP contribution in [-0.4, -0.2) is 52.3 Å². The molecular formula is C28H30FN2OSi+. The minimum Gasteiger partial charge on any atom is -0.378 e. The molecule has 1 atom stereocenters. The van der Waals surface area contributed by atoms with Gasteiger partial charge < -0.3 is 4.90 Å². The third-order valence-corrected chi connectivity index (χ3v) is 10.6. The number of halogens is 1. The van der Waals surface area contributed by atoms with Crippen LogP contribution >= 0.6 is 0 Å². The summed E-state index contributed by atoms with van der Waals surface area (Å²) in [6.45, 7) is 8.03. The number of anilines is 1. The number of hydrogen-bond acceptors (Lipinski definition) is 2. The maximum atomic E-state index is 15.5. The van der Waals surface area contributed by atoms with E-state index in [1.54, 1.807) is 12.1 Å². The van der Waals surface area contributed by atoms with Crippen LogP contribution in [0.5, 0.6) is 0 Å². The van der Waals surface area contributed by atoms with Crippen molar-refractivity contribution in [2.24, 2.45) is 0 Å². The summed E-state index contributed by atoms with van der Waals surface area (Å²) >= 11 is 0. The van der Waals surface area contributed by atoms with Crippen molar-refractivity contribution in [1.29, 1.82) is 0 Å². The van der Waals surface area contributed by atoms with Crippen molar-refractivity contribution in [1.82, 2.24) is 0 Å². The van der Waals surface area contributed by atoms with Gasteiger partial charge in [0.05, 0.1) is 0 Å². The van der Waals surface area contributed by atoms with Crippen LogP contribution < -0.4 is 10.1 Å². The summed E-state index contributed by atoms with van der Waals surface area (Å²) in [5.74, 6) is -0.528. The molecule has 0 amide bonds. The third-order valence-electron chi connectivity index (χ3n) is 6.75. The number of ketones is 1. The van der Waals surface area contributed by atoms with Crippen LogP contribution in [-0.2, 0) is 0 Å². The van der Waals surface area contributed by atoms with Gasteiger partial charge in [-0.05, 0) is 58.3 Å². The Balaban J connectivity index is 2.12. The maximum absolute atomic E-state index is 15.5. The van der Waals surface area contributed by atoms with Gasteiger partial charge in [-0.2, -0.15) is 0 Å². The topological polar surface area (TPSA) is 23.3 Å². The Morgan fingerprint density at radius 3 is 2.36 bits per heavy atom. The van der Waals surface area contributed by atoms with Crippen LogP contribution in [0.3, 0.4) is 0 Å². The first-order chi connectivity index (χ1) is 15.6. The second-order valence-corrected chi connectivity index (χ2v) is 13.2. The number of carbonyl (C=O) groups is 1. The van der Waals surface area contributed by atoms with Crippen LogP contribution in [0.2, 0.25) is 6.55 Å². The van der Waals surface area contributed by atoms with E-state index >= 15 is 4.39 Å². The molecule has 2 aliphatic rings. The standard InChI is InChI=1S/C28H30FN2OSi/c1-8-33(7)26-16-20(30(3)4)10-13-23(26)28(22-12-9-19(18(2)32)15-25(22)29)24-14-11-21(31(5)6)17-27(24)33/h8-17H,1H2,2-7H3/q+1. The molecule has 3 nitrogen and oxygen atoms in total. The molecule has 2 aromatic rings. The zero-order valence-electron chi connectivity index (χ0n) is 20.2. The number of Topliss-reactive ketones (excluding diaryl/α,β-unsaturated/α-hetero) is 1. The minimum absolute atomic E-state index is 0.146. The molecule has 4 rings (SSSR count). The molecule has 33 heavy (non-hydrogen) atoms. The van der Waals surface area contributed by atoms with Gasteiger partial charge in [0, 0.05) is 43.1 Å². The van der Waals surface area contributed by atoms with Gasteiger partial charge in [0.15, 0.2) is 11.5 Å². The SMILES string of the molecule is C=C[Si]1(C)C2=CC(=[N+](C)C)C=CC2=C(c2ccc(C(C)=O)cc2F)c2ccc(N(C)C)cc21. The largest absolute Gasteiger partial charge is 0.378 e. The van der Waals surface area contributed by atoms with E-state index in [0.717, 1.165) is 28.1 Å². The summed E-state index contributed by atoms with van der Waals surface area (Å²) in [6.07, 6.45) is 6.42. The Morgan fingerprint density at radius 2 is 1.79 bits per heavy atom. The van der Waals surface area contributed by atoms with Crippen LogP contribution in [0.15, 0.2) is 77.7 Å². The van der Waals surface area contributed by atoms with Crippen molar-refractivity contribution in [2.75, 3.05) is 33.1 Å². The lowest BCUT2D eigenvalue weighted by Gasteiger charge is -2.38. The van der Waals surface area contributed by atoms with Gasteiger partial charge in [-0.1, -0.05) is 30.4 Å². The van der Waals surface area contributed by atoms with Crippen molar-refractivity contribution >= 4 is 36.0 Å². The number of benzene rings is 2. The zero-order chi connectivity index (χ0) is 24.1. The number of rotatable bonds is 4. The highest BCUT2D eigenvalue weighted by atomic mass is 28.3. The zero-order valence-corrected chi connectivity index (χ0v) is 21.2. The van der Waals surface area contributed by atoms with Gasteiger partial charge >= 0.3 is 0 Å². The first-order valence-corrected chi connectivity index (χ1v) is 13.6. The summed E-state index contributed by atoms with van der Waals surface area (Å²) in [4.78, 5) is 13.9. The highest BCUT2D eigenvalue weighted by Crippen LogP contribution is 2.42. The van der Waals surface area contributed by atoms with Gasteiger partial charge in [0.25, 0.3) is 0 Å². The smallest absolute Gasteiger partial charge is 0.199 e. The molecule has 0 saturated heterocycles. The van der Waals surface area contributed by atoms with Crippen LogP contribution in [0.25, 0.3) is 5.57 Å². The van der Waals surface area contributed by atoms with Crippen molar-refractivity contribution in [3.63, 3.8) is 0 Å². The Labute approximate surface area is 196 Å². The average molecular weight is 458 g/mol. The molecular weight excluding hydrogens is 427 g/mol. The second-order valence-electron chi connectivity index (χ2n) is 9.28. The van der Waals surface area contributed by atoms with Gasteiger partial charge in [0.2, 0.25) is 0 Å². The average Bonchev–Trinajstić information content (AvgIpc) is 2.79. The first-order valence-electron chi connectivity index (χ1n) is 11.0. The lowest BCUT2D eigenvalue weighted by molar-refractivity contribution is -0.462. The van der Waals surface area contributed by atoms with Gasteiger partial charge in [-0.3, -0.25) is 4.79 Å². The van der Waals surface area contributed by atoms with Gasteiger partial charge in [0.1, 0.15) is 28.0 Å². The molecule has 1 heterocycles. The molecule has 2 aromatic carbocycles. The Kier molecular flexibility index (Phi) is 5.70. The molecule has 0 bridgehead atoms. The molecule has 0 spiro atoms. The summed E-state index contributed by atoms with van der Waals surface area (Å²) in [5, 5.41) is 2.44. The summed E-state index contributed by atoms with van der Waals surface area (Å²) in [6, 6.07) is 11.2. The fourth-order valence-corrected chi connectivity index (χ4v) is 7.81. The van der Waals surface area contributed by atoms with E-state index in [9.17, 15) is 4.79 Å². The van der Waals surface area contributed by atoms with E-state index in [-0.39, 0.29) is 11.6 Å². The normalized spacial score (nSPS) is 19.0. The lowest BCUT2D eigenvalue weighted by atomic mass is 9.88. The molecule has 0 radical (unpaired) electrons. The predicted molar refractivity (Wildman–Crippen MR) is 139 cm³/mol. The van der Waals surface area contributed by atoms with Gasteiger partial charge in [-0.15, -0.1) is 6.58 Å². The van der Waals surface area contributed by atoms with E-state index in [1.807, 2.05) is 28.2 Å². The number of hydrogen-bond donors (Lipinski definition) is 0. The van der Waals surface area contributed by atoms with Crippen molar-refractivity contribution in [3.8, 4) is 0 Å². The quantitative estimate of drug-likeness (QED) is 0.378. The number of nitrogens with zero attached hydrogens (tertiary/aromatic N) is 2. The van der Waals surface area contributed by atoms with Crippen LogP contribution in [0.1, 0.15) is 28.4 Å². The number of fused-ring (bicyclic) bond motifs is 2. The lowest BCUT2D eigenvalue weighted by Crippen LogP contribution is -2.51. The molecule has 1 unspecified atom stereocenters. The van der Waals surface area contributed by atoms with Crippen molar-refractivity contribution in [2.45, 2.75) is 13.5 Å². The van der Waals surface area contributed by atoms with Crippen molar-refractivity contribution in [3.05, 3.63) is 100 Å². The second kappa shape index (κ2) is 8.23. The summed E-state index contributed by atoms with van der Waals surface area (Å²) in [7, 11) is 5.80. The molecule has 0 fully saturated rings. The Hall–Kier alpha value is -3.31. The molecule has 1 aliphatic heterocycles. The maximum Gasteiger partial charge on any atom is 0.199 e. The molecule has 5 heteroatoms. The molecule has 1 aliphatic carbocycles. The first kappa shape index (κ1) is 22.9. The van der Waals surface area contributed by atoms with Crippen LogP contribution in [0.4, 0.5) is 10.1 Å². The highest BCUT2D eigenvalue weighted by Gasteiger charge is 2.42. The fourth-order valence-electron chi connectivity index (χ4n) is 4.65. The third kappa shape index (κ3) is 3.66. The van der Waals surface area contributed by atoms with Gasteiger partial charge in [-0.25, -0.2) is 8.97 Å². The highest BCUT2D eigenvalue weighted by molar-refractivity contribution is 7.02. The van der Waals surface area contributed by atoms with E-state index < -0.39 is 8.07 Å². The Bertz CT molecular complexity index is 1330. The minimum atomic E-state index is -2.31. The van der Waals surface area contributed by atoms with E-state index in [2.05, 4.69) is 64.7 Å². The number of allylic oxidation sites excluding steroid dienone is 5. The summed E-state index contributed by atoms with van der Waals surface area (Å²) < 4.78 is 17.6. The fraction of sp³-hybridized carbons (Fsp3) is 0.214. The van der Waals surface area contributed by atoms with Crippen molar-refractivity contribution < 1.29 is 13.8 Å². The van der Waals surface area contributed by atoms with E-state index in [0.29, 0.717) is 11.1 Å². The monoisotopic (exact) mass is 457 g/mol. The van der Waals surface area contributed by atoms with E-state index in [4.69, 9.17) is 0 Å². The van der Waals surface area contributed by atoms with Crippen LogP contribution in [0, 0.1) is 5.82 Å². The number of carbonyl (C=O) groups excluding carboxylic acids is 1. The molecule has 0 N–H and O–H groups in total. The molecule has 0 saturated carbocycles. The summed E-state index contributed by atoms with van der Waals surface area (Å²) in [5.41, 5.74) is 8.16. The molecule has 0 aromatic heterocycles. The Morgan fingerprint density at radius 1 is 1.09 bits per heavy atom. The van der Waals surface area contributed by atoms with E-state index in [1.165, 1.54) is 23.4 Å². The predicted octanol–water partition coefficient (Wildman–Crippen LogP) is 4.67.